The Kier molecular flexibility index (Phi) is 3.43. The number of guanidine groups is 1. The monoisotopic (exact) mass is 211 g/mol. The standard InChI is InChI=1S/C10H21N5/c1-12-10(13-11)15-6-4-14(5-7-15)8-9-2-3-9/h9H,2-8,11H2,1H3,(H,12,13). The fourth-order valence-corrected chi connectivity index (χ4v) is 2.11. The molecule has 0 radical (unpaired) electrons. The molecule has 0 spiro atoms. The van der Waals surface area contributed by atoms with Crippen LogP contribution in [0.4, 0.5) is 0 Å². The highest BCUT2D eigenvalue weighted by Gasteiger charge is 2.26. The minimum absolute atomic E-state index is 0.807. The number of hydrogen-bond acceptors (Lipinski definition) is 3. The highest BCUT2D eigenvalue weighted by Crippen LogP contribution is 2.29. The summed E-state index contributed by atoms with van der Waals surface area (Å²) in [6, 6.07) is 0. The van der Waals surface area contributed by atoms with E-state index >= 15 is 0 Å². The summed E-state index contributed by atoms with van der Waals surface area (Å²) in [5, 5.41) is 0. The summed E-state index contributed by atoms with van der Waals surface area (Å²) < 4.78 is 0. The summed E-state index contributed by atoms with van der Waals surface area (Å²) in [4.78, 5) is 8.88. The van der Waals surface area contributed by atoms with E-state index < -0.39 is 0 Å². The van der Waals surface area contributed by atoms with Gasteiger partial charge in [-0.25, -0.2) is 5.84 Å². The van der Waals surface area contributed by atoms with Crippen molar-refractivity contribution >= 4 is 5.96 Å². The van der Waals surface area contributed by atoms with Crippen LogP contribution in [0.1, 0.15) is 12.8 Å². The van der Waals surface area contributed by atoms with Crippen molar-refractivity contribution in [3.05, 3.63) is 0 Å². The van der Waals surface area contributed by atoms with E-state index in [0.717, 1.165) is 38.1 Å². The molecule has 0 amide bonds. The van der Waals surface area contributed by atoms with Gasteiger partial charge in [0.05, 0.1) is 0 Å². The van der Waals surface area contributed by atoms with E-state index in [1.54, 1.807) is 7.05 Å². The van der Waals surface area contributed by atoms with E-state index in [1.165, 1.54) is 19.4 Å². The van der Waals surface area contributed by atoms with E-state index in [0.29, 0.717) is 0 Å². The number of nitrogens with two attached hydrogens (primary N) is 1. The van der Waals surface area contributed by atoms with Gasteiger partial charge in [0.1, 0.15) is 0 Å². The van der Waals surface area contributed by atoms with Crippen LogP contribution in [0.15, 0.2) is 4.99 Å². The zero-order chi connectivity index (χ0) is 10.7. The fourth-order valence-electron chi connectivity index (χ4n) is 2.11. The Morgan fingerprint density at radius 3 is 2.47 bits per heavy atom. The molecule has 0 aromatic rings. The predicted molar refractivity (Wildman–Crippen MR) is 61.4 cm³/mol. The first kappa shape index (κ1) is 10.7. The van der Waals surface area contributed by atoms with Crippen molar-refractivity contribution in [1.82, 2.24) is 15.2 Å². The molecule has 1 aliphatic carbocycles. The van der Waals surface area contributed by atoms with Crippen LogP contribution in [-0.4, -0.2) is 55.5 Å². The van der Waals surface area contributed by atoms with Gasteiger partial charge in [-0.15, -0.1) is 0 Å². The van der Waals surface area contributed by atoms with E-state index in [4.69, 9.17) is 5.84 Å². The van der Waals surface area contributed by atoms with Gasteiger partial charge in [0.2, 0.25) is 5.96 Å². The molecule has 0 aromatic heterocycles. The number of rotatable bonds is 2. The van der Waals surface area contributed by atoms with Gasteiger partial charge in [-0.05, 0) is 18.8 Å². The van der Waals surface area contributed by atoms with Crippen LogP contribution < -0.4 is 11.3 Å². The Labute approximate surface area is 91.3 Å². The lowest BCUT2D eigenvalue weighted by molar-refractivity contribution is 0.173. The first-order valence-electron chi connectivity index (χ1n) is 5.74. The van der Waals surface area contributed by atoms with Crippen LogP contribution >= 0.6 is 0 Å². The summed E-state index contributed by atoms with van der Waals surface area (Å²) in [6.45, 7) is 5.63. The van der Waals surface area contributed by atoms with Crippen LogP contribution in [0.5, 0.6) is 0 Å². The van der Waals surface area contributed by atoms with E-state index in [1.807, 2.05) is 0 Å². The van der Waals surface area contributed by atoms with E-state index in [-0.39, 0.29) is 0 Å². The van der Waals surface area contributed by atoms with Crippen molar-refractivity contribution < 1.29 is 0 Å². The third-order valence-corrected chi connectivity index (χ3v) is 3.23. The second-order valence-electron chi connectivity index (χ2n) is 4.42. The summed E-state index contributed by atoms with van der Waals surface area (Å²) >= 11 is 0. The summed E-state index contributed by atoms with van der Waals surface area (Å²) in [5.41, 5.74) is 2.65. The number of aliphatic imine (C=N–C) groups is 1. The van der Waals surface area contributed by atoms with Crippen molar-refractivity contribution in [2.75, 3.05) is 39.8 Å². The Morgan fingerprint density at radius 1 is 1.33 bits per heavy atom. The van der Waals surface area contributed by atoms with Gasteiger partial charge in [-0.2, -0.15) is 0 Å². The summed E-state index contributed by atoms with van der Waals surface area (Å²) in [6.07, 6.45) is 2.87. The third-order valence-electron chi connectivity index (χ3n) is 3.23. The smallest absolute Gasteiger partial charge is 0.208 e. The molecule has 0 unspecified atom stereocenters. The lowest BCUT2D eigenvalue weighted by Crippen LogP contribution is -2.54. The van der Waals surface area contributed by atoms with Gasteiger partial charge >= 0.3 is 0 Å². The minimum Gasteiger partial charge on any atom is -0.339 e. The molecule has 1 heterocycles. The summed E-state index contributed by atoms with van der Waals surface area (Å²) in [5.74, 6) is 7.20. The second kappa shape index (κ2) is 4.81. The van der Waals surface area contributed by atoms with Crippen LogP contribution in [0, 0.1) is 5.92 Å². The first-order valence-corrected chi connectivity index (χ1v) is 5.74. The van der Waals surface area contributed by atoms with Gasteiger partial charge in [-0.3, -0.25) is 15.3 Å². The zero-order valence-corrected chi connectivity index (χ0v) is 9.45. The first-order chi connectivity index (χ1) is 7.33. The molecule has 0 atom stereocenters. The lowest BCUT2D eigenvalue weighted by atomic mass is 10.3. The number of nitrogens with one attached hydrogen (secondary N) is 1. The average molecular weight is 211 g/mol. The molecule has 86 valence electrons. The number of hydrazine groups is 1. The molecule has 2 aliphatic rings. The summed E-state index contributed by atoms with van der Waals surface area (Å²) in [7, 11) is 1.77. The number of nitrogens with zero attached hydrogens (tertiary/aromatic N) is 3. The average Bonchev–Trinajstić information content (AvgIpc) is 3.06. The Balaban J connectivity index is 1.75. The highest BCUT2D eigenvalue weighted by molar-refractivity contribution is 5.79. The Hall–Kier alpha value is -0.810. The maximum Gasteiger partial charge on any atom is 0.208 e. The van der Waals surface area contributed by atoms with Gasteiger partial charge in [0, 0.05) is 39.8 Å². The van der Waals surface area contributed by atoms with Gasteiger partial charge in [-0.1, -0.05) is 0 Å². The van der Waals surface area contributed by atoms with Crippen LogP contribution in [0.2, 0.25) is 0 Å². The normalized spacial score (nSPS) is 24.4. The molecule has 0 aromatic carbocycles. The Morgan fingerprint density at radius 2 is 2.00 bits per heavy atom. The van der Waals surface area contributed by atoms with Crippen molar-refractivity contribution in [1.29, 1.82) is 0 Å². The molecule has 2 rings (SSSR count). The van der Waals surface area contributed by atoms with Crippen LogP contribution in [-0.2, 0) is 0 Å². The van der Waals surface area contributed by atoms with E-state index in [2.05, 4.69) is 20.2 Å². The molecule has 1 saturated heterocycles. The second-order valence-corrected chi connectivity index (χ2v) is 4.42. The molecule has 3 N–H and O–H groups in total. The maximum atomic E-state index is 5.40. The van der Waals surface area contributed by atoms with Gasteiger partial charge in [0.25, 0.3) is 0 Å². The predicted octanol–water partition coefficient (Wildman–Crippen LogP) is -0.537. The molecule has 0 bridgehead atoms. The highest BCUT2D eigenvalue weighted by atomic mass is 15.4. The number of hydrogen-bond donors (Lipinski definition) is 2. The topological polar surface area (TPSA) is 56.9 Å². The van der Waals surface area contributed by atoms with Crippen molar-refractivity contribution in [3.63, 3.8) is 0 Å². The van der Waals surface area contributed by atoms with Gasteiger partial charge < -0.3 is 4.90 Å². The van der Waals surface area contributed by atoms with Crippen molar-refractivity contribution in [2.45, 2.75) is 12.8 Å². The quantitative estimate of drug-likeness (QED) is 0.279. The molecule has 15 heavy (non-hydrogen) atoms. The molecule has 1 aliphatic heterocycles. The molecular formula is C10H21N5. The van der Waals surface area contributed by atoms with Crippen LogP contribution in [0.25, 0.3) is 0 Å². The maximum absolute atomic E-state index is 5.40. The lowest BCUT2D eigenvalue weighted by Gasteiger charge is -2.36. The molecular weight excluding hydrogens is 190 g/mol. The van der Waals surface area contributed by atoms with Crippen molar-refractivity contribution in [3.8, 4) is 0 Å². The van der Waals surface area contributed by atoms with E-state index in [9.17, 15) is 0 Å². The zero-order valence-electron chi connectivity index (χ0n) is 9.45. The fraction of sp³-hybridized carbons (Fsp3) is 0.900. The molecule has 5 heteroatoms. The molecule has 5 nitrogen and oxygen atoms in total. The Bertz CT molecular complexity index is 228. The number of piperazine rings is 1. The minimum atomic E-state index is 0.807. The molecule has 2 fully saturated rings. The van der Waals surface area contributed by atoms with Crippen LogP contribution in [0.3, 0.4) is 0 Å². The largest absolute Gasteiger partial charge is 0.339 e. The van der Waals surface area contributed by atoms with Gasteiger partial charge in [0.15, 0.2) is 0 Å². The SMILES string of the molecule is CN=C(NN)N1CCN(CC2CC2)CC1. The van der Waals surface area contributed by atoms with Crippen molar-refractivity contribution in [2.24, 2.45) is 16.8 Å². The third kappa shape index (κ3) is 2.82. The molecule has 1 saturated carbocycles.